The van der Waals surface area contributed by atoms with Gasteiger partial charge >= 0.3 is 5.97 Å². The zero-order valence-corrected chi connectivity index (χ0v) is 43.0. The van der Waals surface area contributed by atoms with Crippen LogP contribution >= 0.6 is 0 Å². The van der Waals surface area contributed by atoms with Crippen molar-refractivity contribution in [1.29, 1.82) is 0 Å². The van der Waals surface area contributed by atoms with Gasteiger partial charge in [0, 0.05) is 12.8 Å². The molecule has 3 N–H and O–H groups in total. The molecule has 0 rings (SSSR count). The predicted octanol–water partition coefficient (Wildman–Crippen LogP) is 17.5. The van der Waals surface area contributed by atoms with E-state index in [1.54, 1.807) is 0 Å². The summed E-state index contributed by atoms with van der Waals surface area (Å²) >= 11 is 0. The highest BCUT2D eigenvalue weighted by Crippen LogP contribution is 2.17. The van der Waals surface area contributed by atoms with E-state index in [1.165, 1.54) is 231 Å². The summed E-state index contributed by atoms with van der Waals surface area (Å²) in [6, 6.07) is -0.540. The molecule has 0 saturated carbocycles. The maximum atomic E-state index is 12.4. The van der Waals surface area contributed by atoms with Gasteiger partial charge in [-0.1, -0.05) is 244 Å². The average Bonchev–Trinajstić information content (AvgIpc) is 3.29. The van der Waals surface area contributed by atoms with E-state index in [1.807, 2.05) is 0 Å². The molecule has 1 amide bonds. The van der Waals surface area contributed by atoms with Crippen LogP contribution in [0.5, 0.6) is 0 Å². The molecule has 378 valence electrons. The Morgan fingerprint density at radius 1 is 0.422 bits per heavy atom. The molecule has 0 aromatic rings. The molecule has 2 unspecified atom stereocenters. The first kappa shape index (κ1) is 62.3. The van der Waals surface area contributed by atoms with E-state index in [2.05, 4.69) is 43.5 Å². The van der Waals surface area contributed by atoms with Gasteiger partial charge in [-0.15, -0.1) is 0 Å². The average molecular weight is 903 g/mol. The molecule has 0 spiro atoms. The van der Waals surface area contributed by atoms with E-state index in [0.29, 0.717) is 25.9 Å². The van der Waals surface area contributed by atoms with Crippen LogP contribution in [0.1, 0.15) is 309 Å². The number of hydrogen-bond acceptors (Lipinski definition) is 5. The SMILES string of the molecule is CCCCC/C=C\CCCCCCCC(=O)OCCCCCCCCCCCCCC/C=C\CCCCCCCCCCCCC(=O)NC(CO)C(O)CCCCCCCCCCC. The Hall–Kier alpha value is -1.66. The minimum absolute atomic E-state index is 0.00399. The van der Waals surface area contributed by atoms with Gasteiger partial charge in [0.2, 0.25) is 5.91 Å². The van der Waals surface area contributed by atoms with Crippen molar-refractivity contribution in [2.24, 2.45) is 0 Å². The number of aliphatic hydroxyl groups is 2. The number of allylic oxidation sites excluding steroid dienone is 4. The third-order valence-corrected chi connectivity index (χ3v) is 13.2. The Kier molecular flexibility index (Phi) is 52.6. The molecule has 2 atom stereocenters. The van der Waals surface area contributed by atoms with Crippen LogP contribution < -0.4 is 5.32 Å². The first-order valence-electron chi connectivity index (χ1n) is 28.6. The number of rotatable bonds is 53. The summed E-state index contributed by atoms with van der Waals surface area (Å²) < 4.78 is 5.46. The van der Waals surface area contributed by atoms with Gasteiger partial charge in [-0.3, -0.25) is 9.59 Å². The minimum atomic E-state index is -0.662. The second-order valence-electron chi connectivity index (χ2n) is 19.6. The number of carbonyl (C=O) groups is 2. The van der Waals surface area contributed by atoms with Gasteiger partial charge in [0.05, 0.1) is 25.4 Å². The lowest BCUT2D eigenvalue weighted by molar-refractivity contribution is -0.143. The van der Waals surface area contributed by atoms with E-state index >= 15 is 0 Å². The van der Waals surface area contributed by atoms with Gasteiger partial charge in [-0.05, 0) is 77.0 Å². The maximum absolute atomic E-state index is 12.4. The van der Waals surface area contributed by atoms with Crippen LogP contribution in [0.4, 0.5) is 0 Å². The van der Waals surface area contributed by atoms with Crippen molar-refractivity contribution in [3.8, 4) is 0 Å². The molecule has 0 aromatic heterocycles. The normalized spacial score (nSPS) is 12.8. The molecule has 0 fully saturated rings. The number of amides is 1. The number of hydrogen-bond donors (Lipinski definition) is 3. The molecule has 0 aliphatic heterocycles. The first-order chi connectivity index (χ1) is 31.5. The predicted molar refractivity (Wildman–Crippen MR) is 278 cm³/mol. The van der Waals surface area contributed by atoms with Crippen molar-refractivity contribution in [2.45, 2.75) is 321 Å². The third-order valence-electron chi connectivity index (χ3n) is 13.2. The highest BCUT2D eigenvalue weighted by Gasteiger charge is 2.20. The number of ether oxygens (including phenoxy) is 1. The fourth-order valence-electron chi connectivity index (χ4n) is 8.81. The van der Waals surface area contributed by atoms with Crippen LogP contribution in [-0.2, 0) is 14.3 Å². The summed E-state index contributed by atoms with van der Waals surface area (Å²) in [6.07, 6.45) is 64.7. The molecule has 0 saturated heterocycles. The summed E-state index contributed by atoms with van der Waals surface area (Å²) in [5.41, 5.74) is 0. The Balaban J connectivity index is 3.36. The molecule has 0 radical (unpaired) electrons. The summed E-state index contributed by atoms with van der Waals surface area (Å²) in [5, 5.41) is 23.1. The molecule has 6 nitrogen and oxygen atoms in total. The third kappa shape index (κ3) is 49.8. The summed E-state index contributed by atoms with van der Waals surface area (Å²) in [7, 11) is 0. The largest absolute Gasteiger partial charge is 0.466 e. The fraction of sp³-hybridized carbons (Fsp3) is 0.897. The maximum Gasteiger partial charge on any atom is 0.305 e. The zero-order valence-electron chi connectivity index (χ0n) is 43.0. The van der Waals surface area contributed by atoms with Crippen LogP contribution in [0.3, 0.4) is 0 Å². The van der Waals surface area contributed by atoms with E-state index in [9.17, 15) is 19.8 Å². The van der Waals surface area contributed by atoms with E-state index in [-0.39, 0.29) is 18.5 Å². The van der Waals surface area contributed by atoms with Crippen molar-refractivity contribution in [1.82, 2.24) is 5.32 Å². The van der Waals surface area contributed by atoms with E-state index in [4.69, 9.17) is 4.74 Å². The van der Waals surface area contributed by atoms with E-state index < -0.39 is 12.1 Å². The number of carbonyl (C=O) groups excluding carboxylic acids is 2. The van der Waals surface area contributed by atoms with Crippen LogP contribution in [0, 0.1) is 0 Å². The first-order valence-corrected chi connectivity index (χ1v) is 28.6. The summed E-state index contributed by atoms with van der Waals surface area (Å²) in [5.74, 6) is -0.0349. The molecular weight excluding hydrogens is 791 g/mol. The number of nitrogens with one attached hydrogen (secondary N) is 1. The Labute approximate surface area is 399 Å². The summed E-state index contributed by atoms with van der Waals surface area (Å²) in [4.78, 5) is 24.4. The number of esters is 1. The van der Waals surface area contributed by atoms with E-state index in [0.717, 1.165) is 44.9 Å². The van der Waals surface area contributed by atoms with Crippen molar-refractivity contribution >= 4 is 11.9 Å². The van der Waals surface area contributed by atoms with Crippen LogP contribution in [-0.4, -0.2) is 47.4 Å². The van der Waals surface area contributed by atoms with Crippen molar-refractivity contribution in [3.63, 3.8) is 0 Å². The van der Waals surface area contributed by atoms with Gasteiger partial charge in [0.1, 0.15) is 0 Å². The molecule has 0 heterocycles. The lowest BCUT2D eigenvalue weighted by Gasteiger charge is -2.22. The zero-order chi connectivity index (χ0) is 46.5. The van der Waals surface area contributed by atoms with Gasteiger partial charge in [-0.2, -0.15) is 0 Å². The number of aliphatic hydroxyl groups excluding tert-OH is 2. The van der Waals surface area contributed by atoms with Crippen LogP contribution in [0.15, 0.2) is 24.3 Å². The minimum Gasteiger partial charge on any atom is -0.466 e. The van der Waals surface area contributed by atoms with Crippen molar-refractivity contribution in [3.05, 3.63) is 24.3 Å². The van der Waals surface area contributed by atoms with Crippen LogP contribution in [0.2, 0.25) is 0 Å². The Morgan fingerprint density at radius 2 is 0.734 bits per heavy atom. The van der Waals surface area contributed by atoms with Gasteiger partial charge in [0.25, 0.3) is 0 Å². The second kappa shape index (κ2) is 54.0. The quantitative estimate of drug-likeness (QED) is 0.0321. The molecule has 64 heavy (non-hydrogen) atoms. The van der Waals surface area contributed by atoms with Gasteiger partial charge in [-0.25, -0.2) is 0 Å². The second-order valence-corrected chi connectivity index (χ2v) is 19.6. The highest BCUT2D eigenvalue weighted by molar-refractivity contribution is 5.76. The number of unbranched alkanes of at least 4 members (excludes halogenated alkanes) is 38. The molecular formula is C58H111NO5. The molecule has 0 aliphatic rings. The molecule has 6 heteroatoms. The van der Waals surface area contributed by atoms with Crippen LogP contribution in [0.25, 0.3) is 0 Å². The van der Waals surface area contributed by atoms with Crippen molar-refractivity contribution in [2.75, 3.05) is 13.2 Å². The molecule has 0 aromatic carbocycles. The van der Waals surface area contributed by atoms with Crippen molar-refractivity contribution < 1.29 is 24.5 Å². The Morgan fingerprint density at radius 3 is 1.14 bits per heavy atom. The van der Waals surface area contributed by atoms with Gasteiger partial charge < -0.3 is 20.3 Å². The smallest absolute Gasteiger partial charge is 0.305 e. The Bertz CT molecular complexity index is 997. The molecule has 0 aliphatic carbocycles. The lowest BCUT2D eigenvalue weighted by Crippen LogP contribution is -2.45. The monoisotopic (exact) mass is 902 g/mol. The topological polar surface area (TPSA) is 95.9 Å². The lowest BCUT2D eigenvalue weighted by atomic mass is 10.0. The highest BCUT2D eigenvalue weighted by atomic mass is 16.5. The standard InChI is InChI=1S/C58H111NO5/c1-3-5-7-9-11-13-14-32-36-40-44-48-52-58(63)64-53-49-45-41-37-33-30-28-26-24-22-20-18-16-15-17-19-21-23-25-27-29-31-35-39-43-47-51-57(62)59-55(54-60)56(61)50-46-42-38-34-12-10-8-6-4-2/h11,13,15,17,55-56,60-61H,3-10,12,14,16,18-54H2,1-2H3,(H,59,62)/b13-11-,17-15-. The van der Waals surface area contributed by atoms with Gasteiger partial charge in [0.15, 0.2) is 0 Å². The molecule has 0 bridgehead atoms. The fourth-order valence-corrected chi connectivity index (χ4v) is 8.81. The summed E-state index contributed by atoms with van der Waals surface area (Å²) in [6.45, 7) is 4.91.